The number of hydrogen-bond acceptors (Lipinski definition) is 4. The summed E-state index contributed by atoms with van der Waals surface area (Å²) in [5.41, 5.74) is 0.111. The van der Waals surface area contributed by atoms with Crippen molar-refractivity contribution < 1.29 is 13.2 Å². The number of aryl methyl sites for hydroxylation is 1. The van der Waals surface area contributed by atoms with Crippen LogP contribution in [0.25, 0.3) is 0 Å². The fourth-order valence-electron chi connectivity index (χ4n) is 3.81. The number of amides is 1. The van der Waals surface area contributed by atoms with Gasteiger partial charge in [0.1, 0.15) is 4.21 Å². The van der Waals surface area contributed by atoms with E-state index >= 15 is 0 Å². The standard InChI is InChI=1S/C17H26N2O3S2/c1-3-14-5-6-16(23-14)24(21,22)19-11-9-17(10-12-19)8-7-15(20)18(4-2)13-17/h5-6H,3-4,7-13H2,1-2H3. The average molecular weight is 371 g/mol. The highest BCUT2D eigenvalue weighted by Crippen LogP contribution is 2.41. The first-order valence-corrected chi connectivity index (χ1v) is 11.0. The molecule has 1 aromatic rings. The number of rotatable bonds is 4. The fraction of sp³-hybridized carbons (Fsp3) is 0.706. The smallest absolute Gasteiger partial charge is 0.252 e. The summed E-state index contributed by atoms with van der Waals surface area (Å²) in [4.78, 5) is 14.9. The van der Waals surface area contributed by atoms with E-state index in [-0.39, 0.29) is 11.3 Å². The van der Waals surface area contributed by atoms with Gasteiger partial charge in [0.2, 0.25) is 5.91 Å². The van der Waals surface area contributed by atoms with E-state index in [1.54, 1.807) is 10.4 Å². The van der Waals surface area contributed by atoms with Crippen molar-refractivity contribution in [3.05, 3.63) is 17.0 Å². The maximum Gasteiger partial charge on any atom is 0.252 e. The second-order valence-corrected chi connectivity index (χ2v) is 10.2. The predicted molar refractivity (Wildman–Crippen MR) is 95.6 cm³/mol. The molecule has 1 spiro atoms. The normalized spacial score (nSPS) is 22.2. The molecule has 3 heterocycles. The Bertz CT molecular complexity index is 703. The molecule has 1 amide bonds. The Balaban J connectivity index is 1.69. The number of nitrogens with zero attached hydrogens (tertiary/aromatic N) is 2. The van der Waals surface area contributed by atoms with Gasteiger partial charge in [0.25, 0.3) is 10.0 Å². The number of hydrogen-bond donors (Lipinski definition) is 0. The van der Waals surface area contributed by atoms with Gasteiger partial charge in [0.05, 0.1) is 0 Å². The minimum Gasteiger partial charge on any atom is -0.342 e. The van der Waals surface area contributed by atoms with E-state index in [1.165, 1.54) is 11.3 Å². The third-order valence-electron chi connectivity index (χ3n) is 5.49. The molecule has 24 heavy (non-hydrogen) atoms. The Hall–Kier alpha value is -0.920. The van der Waals surface area contributed by atoms with Crippen LogP contribution in [0.4, 0.5) is 0 Å². The molecule has 7 heteroatoms. The second-order valence-electron chi connectivity index (χ2n) is 6.89. The Morgan fingerprint density at radius 1 is 1.17 bits per heavy atom. The van der Waals surface area contributed by atoms with Crippen LogP contribution in [0.5, 0.6) is 0 Å². The molecule has 2 fully saturated rings. The minimum atomic E-state index is -3.37. The van der Waals surface area contributed by atoms with Gasteiger partial charge in [-0.1, -0.05) is 6.92 Å². The van der Waals surface area contributed by atoms with Crippen LogP contribution in [0.2, 0.25) is 0 Å². The number of piperidine rings is 2. The van der Waals surface area contributed by atoms with Gasteiger partial charge < -0.3 is 4.90 Å². The highest BCUT2D eigenvalue weighted by molar-refractivity contribution is 7.91. The summed E-state index contributed by atoms with van der Waals surface area (Å²) in [5.74, 6) is 0.240. The molecule has 0 aromatic carbocycles. The molecule has 0 N–H and O–H groups in total. The zero-order valence-electron chi connectivity index (χ0n) is 14.5. The molecule has 0 radical (unpaired) electrons. The maximum atomic E-state index is 12.8. The monoisotopic (exact) mass is 370 g/mol. The van der Waals surface area contributed by atoms with E-state index in [9.17, 15) is 13.2 Å². The lowest BCUT2D eigenvalue weighted by Gasteiger charge is -2.46. The molecule has 2 aliphatic rings. The quantitative estimate of drug-likeness (QED) is 0.819. The predicted octanol–water partition coefficient (Wildman–Crippen LogP) is 2.72. The lowest BCUT2D eigenvalue weighted by atomic mass is 9.73. The van der Waals surface area contributed by atoms with Gasteiger partial charge in [0, 0.05) is 37.5 Å². The summed E-state index contributed by atoms with van der Waals surface area (Å²) < 4.78 is 27.8. The first-order chi connectivity index (χ1) is 11.4. The van der Waals surface area contributed by atoms with Gasteiger partial charge in [-0.05, 0) is 50.2 Å². The van der Waals surface area contributed by atoms with E-state index in [0.29, 0.717) is 23.7 Å². The third-order valence-corrected chi connectivity index (χ3v) is 9.09. The summed E-state index contributed by atoms with van der Waals surface area (Å²) in [5, 5.41) is 0. The van der Waals surface area contributed by atoms with E-state index in [2.05, 4.69) is 0 Å². The van der Waals surface area contributed by atoms with Crippen LogP contribution in [0.15, 0.2) is 16.3 Å². The van der Waals surface area contributed by atoms with E-state index in [4.69, 9.17) is 0 Å². The molecule has 3 rings (SSSR count). The van der Waals surface area contributed by atoms with Crippen molar-refractivity contribution in [2.24, 2.45) is 5.41 Å². The summed E-state index contributed by atoms with van der Waals surface area (Å²) >= 11 is 1.38. The molecular weight excluding hydrogens is 344 g/mol. The van der Waals surface area contributed by atoms with E-state index in [1.807, 2.05) is 24.8 Å². The first kappa shape index (κ1) is 17.9. The van der Waals surface area contributed by atoms with Gasteiger partial charge in [-0.2, -0.15) is 4.31 Å². The lowest BCUT2D eigenvalue weighted by molar-refractivity contribution is -0.138. The van der Waals surface area contributed by atoms with Crippen LogP contribution in [-0.4, -0.2) is 49.7 Å². The number of thiophene rings is 1. The van der Waals surface area contributed by atoms with Gasteiger partial charge in [-0.3, -0.25) is 4.79 Å². The fourth-order valence-corrected chi connectivity index (χ4v) is 6.70. The van der Waals surface area contributed by atoms with Gasteiger partial charge in [-0.15, -0.1) is 11.3 Å². The van der Waals surface area contributed by atoms with Gasteiger partial charge >= 0.3 is 0 Å². The molecular formula is C17H26N2O3S2. The molecule has 0 saturated carbocycles. The molecule has 0 atom stereocenters. The lowest BCUT2D eigenvalue weighted by Crippen LogP contribution is -2.52. The highest BCUT2D eigenvalue weighted by Gasteiger charge is 2.42. The average Bonchev–Trinajstić information content (AvgIpc) is 3.08. The molecule has 0 aliphatic carbocycles. The molecule has 0 bridgehead atoms. The van der Waals surface area contributed by atoms with Crippen molar-refractivity contribution in [3.8, 4) is 0 Å². The van der Waals surface area contributed by atoms with Crippen LogP contribution in [0.3, 0.4) is 0 Å². The summed E-state index contributed by atoms with van der Waals surface area (Å²) in [6, 6.07) is 3.65. The van der Waals surface area contributed by atoms with Gasteiger partial charge in [0.15, 0.2) is 0 Å². The maximum absolute atomic E-state index is 12.8. The molecule has 2 aliphatic heterocycles. The van der Waals surface area contributed by atoms with E-state index < -0.39 is 10.0 Å². The van der Waals surface area contributed by atoms with Crippen molar-refractivity contribution >= 4 is 27.3 Å². The zero-order chi connectivity index (χ0) is 17.4. The first-order valence-electron chi connectivity index (χ1n) is 8.77. The van der Waals surface area contributed by atoms with Gasteiger partial charge in [-0.25, -0.2) is 8.42 Å². The number of likely N-dealkylation sites (tertiary alicyclic amines) is 1. The summed E-state index contributed by atoms with van der Waals surface area (Å²) in [6.07, 6.45) is 4.06. The van der Waals surface area contributed by atoms with Crippen molar-refractivity contribution in [1.82, 2.24) is 9.21 Å². The van der Waals surface area contributed by atoms with Crippen molar-refractivity contribution in [2.75, 3.05) is 26.2 Å². The van der Waals surface area contributed by atoms with Crippen molar-refractivity contribution in [3.63, 3.8) is 0 Å². The Morgan fingerprint density at radius 3 is 2.46 bits per heavy atom. The van der Waals surface area contributed by atoms with Crippen LogP contribution in [0.1, 0.15) is 44.4 Å². The SMILES string of the molecule is CCc1ccc(S(=O)(=O)N2CCC3(CCC(=O)N(CC)C3)CC2)s1. The van der Waals surface area contributed by atoms with E-state index in [0.717, 1.165) is 43.6 Å². The second kappa shape index (κ2) is 6.77. The zero-order valence-corrected chi connectivity index (χ0v) is 16.1. The highest BCUT2D eigenvalue weighted by atomic mass is 32.2. The Morgan fingerprint density at radius 2 is 1.88 bits per heavy atom. The number of sulfonamides is 1. The topological polar surface area (TPSA) is 57.7 Å². The van der Waals surface area contributed by atoms with Crippen molar-refractivity contribution in [1.29, 1.82) is 0 Å². The van der Waals surface area contributed by atoms with Crippen LogP contribution < -0.4 is 0 Å². The van der Waals surface area contributed by atoms with Crippen LogP contribution in [-0.2, 0) is 21.2 Å². The largest absolute Gasteiger partial charge is 0.342 e. The molecule has 0 unspecified atom stereocenters. The number of carbonyl (C=O) groups is 1. The number of carbonyl (C=O) groups excluding carboxylic acids is 1. The van der Waals surface area contributed by atoms with Crippen LogP contribution in [0, 0.1) is 5.41 Å². The Kier molecular flexibility index (Phi) is 5.04. The minimum absolute atomic E-state index is 0.111. The summed E-state index contributed by atoms with van der Waals surface area (Å²) in [6.45, 7) is 6.71. The van der Waals surface area contributed by atoms with Crippen LogP contribution >= 0.6 is 11.3 Å². The summed E-state index contributed by atoms with van der Waals surface area (Å²) in [7, 11) is -3.37. The van der Waals surface area contributed by atoms with Crippen molar-refractivity contribution in [2.45, 2.75) is 50.2 Å². The molecule has 1 aromatic heterocycles. The Labute approximate surface area is 148 Å². The third kappa shape index (κ3) is 3.26. The molecule has 134 valence electrons. The molecule has 5 nitrogen and oxygen atoms in total. The molecule has 2 saturated heterocycles.